The van der Waals surface area contributed by atoms with Crippen LogP contribution in [0.25, 0.3) is 0 Å². The van der Waals surface area contributed by atoms with Crippen molar-refractivity contribution in [1.29, 1.82) is 0 Å². The van der Waals surface area contributed by atoms with E-state index in [0.717, 1.165) is 5.56 Å². The van der Waals surface area contributed by atoms with E-state index in [1.165, 1.54) is 0 Å². The molecule has 4 N–H and O–H groups in total. The number of quaternary nitrogens is 1. The number of ether oxygens (including phenoxy) is 1. The van der Waals surface area contributed by atoms with E-state index in [-0.39, 0.29) is 24.4 Å². The molecule has 0 radical (unpaired) electrons. The van der Waals surface area contributed by atoms with Gasteiger partial charge in [-0.05, 0) is 30.7 Å². The molecule has 24 heavy (non-hydrogen) atoms. The maximum Gasteiger partial charge on any atom is 0.255 e. The van der Waals surface area contributed by atoms with Gasteiger partial charge in [0.15, 0.2) is 6.67 Å². The maximum absolute atomic E-state index is 12.1. The monoisotopic (exact) mass is 350 g/mol. The van der Waals surface area contributed by atoms with Gasteiger partial charge < -0.3 is 32.9 Å². The van der Waals surface area contributed by atoms with Crippen molar-refractivity contribution in [3.8, 4) is 5.75 Å². The Balaban J connectivity index is 0.00000288. The fourth-order valence-corrected chi connectivity index (χ4v) is 2.29. The molecule has 0 aromatic heterocycles. The smallest absolute Gasteiger partial charge is 0.255 e. The van der Waals surface area contributed by atoms with Crippen LogP contribution in [0.2, 0.25) is 0 Å². The number of amides is 1. The van der Waals surface area contributed by atoms with Gasteiger partial charge in [0.05, 0.1) is 7.11 Å². The summed E-state index contributed by atoms with van der Waals surface area (Å²) in [7, 11) is 1.57. The van der Waals surface area contributed by atoms with Crippen LogP contribution in [0.3, 0.4) is 0 Å². The number of halogens is 1. The summed E-state index contributed by atoms with van der Waals surface area (Å²) in [6.07, 6.45) is -0.579. The number of benzene rings is 2. The number of aliphatic hydroxyl groups is 1. The molecule has 1 amide bonds. The van der Waals surface area contributed by atoms with Crippen LogP contribution in [-0.4, -0.2) is 30.8 Å². The number of hydrogen-bond acceptors (Lipinski definition) is 3. The van der Waals surface area contributed by atoms with E-state index in [1.807, 2.05) is 42.6 Å². The molecular formula is C18H23ClN2O3. The molecule has 6 heteroatoms. The maximum atomic E-state index is 12.1. The standard InChI is InChI=1S/C18H22N2O3.ClH/c1-13(17(21)14-7-4-3-5-8-14)19-12-20-18(22)15-9-6-10-16(11-15)23-2;/h3-11,13,17,19,21H,12H2,1-2H3,(H,20,22);1H. The summed E-state index contributed by atoms with van der Waals surface area (Å²) < 4.78 is 5.11. The van der Waals surface area contributed by atoms with E-state index in [1.54, 1.807) is 31.4 Å². The van der Waals surface area contributed by atoms with Gasteiger partial charge in [0.1, 0.15) is 17.9 Å². The average molecular weight is 351 g/mol. The average Bonchev–Trinajstić information content (AvgIpc) is 2.61. The van der Waals surface area contributed by atoms with Crippen molar-refractivity contribution in [1.82, 2.24) is 5.32 Å². The Bertz CT molecular complexity index is 637. The van der Waals surface area contributed by atoms with E-state index < -0.39 is 6.10 Å². The minimum Gasteiger partial charge on any atom is -1.00 e. The zero-order chi connectivity index (χ0) is 16.7. The molecule has 5 nitrogen and oxygen atoms in total. The Labute approximate surface area is 148 Å². The molecule has 0 aliphatic heterocycles. The molecular weight excluding hydrogens is 328 g/mol. The van der Waals surface area contributed by atoms with Crippen LogP contribution in [0, 0.1) is 0 Å². The third-order valence-corrected chi connectivity index (χ3v) is 3.72. The second kappa shape index (κ2) is 9.93. The molecule has 130 valence electrons. The van der Waals surface area contributed by atoms with Gasteiger partial charge in [0.25, 0.3) is 5.91 Å². The fraction of sp³-hybridized carbons (Fsp3) is 0.278. The van der Waals surface area contributed by atoms with Crippen molar-refractivity contribution in [3.63, 3.8) is 0 Å². The van der Waals surface area contributed by atoms with Gasteiger partial charge in [-0.2, -0.15) is 0 Å². The molecule has 0 saturated heterocycles. The SMILES string of the molecule is COc1cccc(C(=O)NC[NH2+]C(C)C(O)c2ccccc2)c1.[Cl-]. The Kier molecular flexibility index (Phi) is 8.26. The summed E-state index contributed by atoms with van der Waals surface area (Å²) in [5, 5.41) is 15.0. The Hall–Kier alpha value is -2.08. The van der Waals surface area contributed by atoms with Crippen LogP contribution in [-0.2, 0) is 0 Å². The summed E-state index contributed by atoms with van der Waals surface area (Å²) in [5.74, 6) is 0.482. The molecule has 2 aromatic rings. The van der Waals surface area contributed by atoms with Gasteiger partial charge in [-0.1, -0.05) is 36.4 Å². The molecule has 0 spiro atoms. The van der Waals surface area contributed by atoms with Crippen LogP contribution in [0.1, 0.15) is 28.9 Å². The van der Waals surface area contributed by atoms with Crippen molar-refractivity contribution < 1.29 is 32.4 Å². The fourth-order valence-electron chi connectivity index (χ4n) is 2.29. The van der Waals surface area contributed by atoms with Gasteiger partial charge in [-0.15, -0.1) is 0 Å². The molecule has 0 heterocycles. The van der Waals surface area contributed by atoms with Gasteiger partial charge in [-0.25, -0.2) is 0 Å². The lowest BCUT2D eigenvalue weighted by Gasteiger charge is -2.18. The number of rotatable bonds is 7. The highest BCUT2D eigenvalue weighted by Gasteiger charge is 2.19. The minimum atomic E-state index is -0.579. The van der Waals surface area contributed by atoms with E-state index >= 15 is 0 Å². The highest BCUT2D eigenvalue weighted by molar-refractivity contribution is 5.94. The number of nitrogens with two attached hydrogens (primary N) is 1. The van der Waals surface area contributed by atoms with Crippen LogP contribution < -0.4 is 27.8 Å². The van der Waals surface area contributed by atoms with Gasteiger partial charge in [0, 0.05) is 5.56 Å². The molecule has 0 aliphatic rings. The lowest BCUT2D eigenvalue weighted by atomic mass is 10.0. The molecule has 2 rings (SSSR count). The zero-order valence-electron chi connectivity index (χ0n) is 13.8. The Morgan fingerprint density at radius 3 is 2.58 bits per heavy atom. The van der Waals surface area contributed by atoms with Crippen molar-refractivity contribution >= 4 is 5.91 Å². The van der Waals surface area contributed by atoms with E-state index in [4.69, 9.17) is 4.74 Å². The summed E-state index contributed by atoms with van der Waals surface area (Å²) >= 11 is 0. The Morgan fingerprint density at radius 1 is 1.21 bits per heavy atom. The first-order valence-corrected chi connectivity index (χ1v) is 7.60. The predicted octanol–water partition coefficient (Wildman–Crippen LogP) is -1.93. The lowest BCUT2D eigenvalue weighted by molar-refractivity contribution is -0.696. The molecule has 0 saturated carbocycles. The molecule has 0 fully saturated rings. The first-order valence-electron chi connectivity index (χ1n) is 7.60. The summed E-state index contributed by atoms with van der Waals surface area (Å²) in [6.45, 7) is 2.32. The molecule has 0 aliphatic carbocycles. The third-order valence-electron chi connectivity index (χ3n) is 3.72. The van der Waals surface area contributed by atoms with Crippen LogP contribution in [0.4, 0.5) is 0 Å². The number of methoxy groups -OCH3 is 1. The molecule has 0 bridgehead atoms. The second-order valence-corrected chi connectivity index (χ2v) is 5.39. The zero-order valence-corrected chi connectivity index (χ0v) is 14.5. The van der Waals surface area contributed by atoms with Crippen molar-refractivity contribution in [2.45, 2.75) is 19.1 Å². The first-order chi connectivity index (χ1) is 11.1. The largest absolute Gasteiger partial charge is 1.00 e. The molecule has 2 unspecified atom stereocenters. The highest BCUT2D eigenvalue weighted by atomic mass is 35.5. The summed E-state index contributed by atoms with van der Waals surface area (Å²) in [6, 6.07) is 16.4. The van der Waals surface area contributed by atoms with Crippen LogP contribution in [0.5, 0.6) is 5.75 Å². The number of hydrogen-bond donors (Lipinski definition) is 3. The Morgan fingerprint density at radius 2 is 1.92 bits per heavy atom. The minimum absolute atomic E-state index is 0. The van der Waals surface area contributed by atoms with E-state index in [0.29, 0.717) is 18.0 Å². The number of carbonyl (C=O) groups is 1. The molecule has 2 aromatic carbocycles. The number of aliphatic hydroxyl groups excluding tert-OH is 1. The lowest BCUT2D eigenvalue weighted by Crippen LogP contribution is -3.00. The topological polar surface area (TPSA) is 75.2 Å². The van der Waals surface area contributed by atoms with Crippen molar-refractivity contribution in [2.24, 2.45) is 0 Å². The highest BCUT2D eigenvalue weighted by Crippen LogP contribution is 2.14. The summed E-state index contributed by atoms with van der Waals surface area (Å²) in [4.78, 5) is 12.1. The van der Waals surface area contributed by atoms with Crippen molar-refractivity contribution in [3.05, 3.63) is 65.7 Å². The second-order valence-electron chi connectivity index (χ2n) is 5.39. The van der Waals surface area contributed by atoms with E-state index in [9.17, 15) is 9.90 Å². The van der Waals surface area contributed by atoms with Gasteiger partial charge in [-0.3, -0.25) is 4.79 Å². The third kappa shape index (κ3) is 5.53. The van der Waals surface area contributed by atoms with Crippen molar-refractivity contribution in [2.75, 3.05) is 13.8 Å². The normalized spacial score (nSPS) is 12.6. The van der Waals surface area contributed by atoms with E-state index in [2.05, 4.69) is 5.32 Å². The van der Waals surface area contributed by atoms with Gasteiger partial charge in [0.2, 0.25) is 0 Å². The number of nitrogens with one attached hydrogen (secondary N) is 1. The number of carbonyl (C=O) groups excluding carboxylic acids is 1. The van der Waals surface area contributed by atoms with Gasteiger partial charge >= 0.3 is 0 Å². The molecule has 2 atom stereocenters. The van der Waals surface area contributed by atoms with Crippen LogP contribution >= 0.6 is 0 Å². The van der Waals surface area contributed by atoms with Crippen LogP contribution in [0.15, 0.2) is 54.6 Å². The quantitative estimate of drug-likeness (QED) is 0.509. The first kappa shape index (κ1) is 20.0. The summed E-state index contributed by atoms with van der Waals surface area (Å²) in [5.41, 5.74) is 1.42. The predicted molar refractivity (Wildman–Crippen MR) is 88.1 cm³/mol.